The summed E-state index contributed by atoms with van der Waals surface area (Å²) in [4.78, 5) is 2.35. The van der Waals surface area contributed by atoms with Gasteiger partial charge in [-0.25, -0.2) is 0 Å². The average Bonchev–Trinajstić information content (AvgIpc) is 3.17. The van der Waals surface area contributed by atoms with Crippen LogP contribution in [0.5, 0.6) is 0 Å². The van der Waals surface area contributed by atoms with Gasteiger partial charge in [-0.15, -0.1) is 10.2 Å². The molecule has 2 aliphatic heterocycles. The number of nitrogens with zero attached hydrogens (tertiary/aromatic N) is 3. The van der Waals surface area contributed by atoms with Crippen LogP contribution in [0.1, 0.15) is 44.0 Å². The highest BCUT2D eigenvalue weighted by atomic mass is 32.1. The zero-order valence-corrected chi connectivity index (χ0v) is 13.8. The van der Waals surface area contributed by atoms with E-state index in [-0.39, 0.29) is 0 Å². The molecule has 5 nitrogen and oxygen atoms in total. The third-order valence-electron chi connectivity index (χ3n) is 4.23. The molecule has 0 aliphatic carbocycles. The molecule has 0 saturated carbocycles. The van der Waals surface area contributed by atoms with Crippen LogP contribution in [0, 0.1) is 5.92 Å². The first-order chi connectivity index (χ1) is 10.2. The van der Waals surface area contributed by atoms with Crippen molar-refractivity contribution < 1.29 is 9.47 Å². The Morgan fingerprint density at radius 1 is 1.29 bits per heavy atom. The van der Waals surface area contributed by atoms with Crippen LogP contribution < -0.4 is 4.90 Å². The quantitative estimate of drug-likeness (QED) is 0.836. The van der Waals surface area contributed by atoms with Gasteiger partial charge in [0.05, 0.1) is 19.3 Å². The van der Waals surface area contributed by atoms with Gasteiger partial charge in [0.25, 0.3) is 0 Å². The normalized spacial score (nSPS) is 24.1. The second-order valence-corrected chi connectivity index (χ2v) is 7.31. The lowest BCUT2D eigenvalue weighted by Gasteiger charge is -2.31. The van der Waals surface area contributed by atoms with Crippen molar-refractivity contribution in [2.45, 2.75) is 45.1 Å². The van der Waals surface area contributed by atoms with E-state index in [9.17, 15) is 0 Å². The molecular formula is C15H25N3O2S. The summed E-state index contributed by atoms with van der Waals surface area (Å²) in [5, 5.41) is 10.8. The number of anilines is 1. The van der Waals surface area contributed by atoms with E-state index in [0.29, 0.717) is 17.9 Å². The fraction of sp³-hybridized carbons (Fsp3) is 0.867. The van der Waals surface area contributed by atoms with Crippen LogP contribution in [0.2, 0.25) is 0 Å². The van der Waals surface area contributed by atoms with Crippen LogP contribution in [-0.4, -0.2) is 49.2 Å². The van der Waals surface area contributed by atoms with E-state index in [0.717, 1.165) is 62.3 Å². The molecule has 118 valence electrons. The highest BCUT2D eigenvalue weighted by Crippen LogP contribution is 2.28. The minimum Gasteiger partial charge on any atom is -0.381 e. The highest BCUT2D eigenvalue weighted by Gasteiger charge is 2.24. The van der Waals surface area contributed by atoms with E-state index in [2.05, 4.69) is 28.9 Å². The van der Waals surface area contributed by atoms with Crippen LogP contribution >= 0.6 is 11.3 Å². The molecule has 0 bridgehead atoms. The topological polar surface area (TPSA) is 47.5 Å². The summed E-state index contributed by atoms with van der Waals surface area (Å²) in [5.41, 5.74) is 0. The van der Waals surface area contributed by atoms with Gasteiger partial charge in [-0.1, -0.05) is 25.2 Å². The molecule has 3 heterocycles. The van der Waals surface area contributed by atoms with E-state index in [4.69, 9.17) is 9.47 Å². The van der Waals surface area contributed by atoms with Crippen molar-refractivity contribution in [3.63, 3.8) is 0 Å². The Hall–Kier alpha value is -0.720. The van der Waals surface area contributed by atoms with Crippen LogP contribution in [-0.2, 0) is 9.47 Å². The summed E-state index contributed by atoms with van der Waals surface area (Å²) in [6.45, 7) is 9.02. The fourth-order valence-electron chi connectivity index (χ4n) is 2.79. The predicted molar refractivity (Wildman–Crippen MR) is 84.1 cm³/mol. The number of hydrogen-bond acceptors (Lipinski definition) is 6. The maximum atomic E-state index is 6.06. The Kier molecular flexibility index (Phi) is 5.08. The summed E-state index contributed by atoms with van der Waals surface area (Å²) in [6.07, 6.45) is 3.73. The van der Waals surface area contributed by atoms with Crippen LogP contribution in [0.3, 0.4) is 0 Å². The van der Waals surface area contributed by atoms with Gasteiger partial charge >= 0.3 is 0 Å². The minimum atomic E-state index is 0.402. The monoisotopic (exact) mass is 311 g/mol. The molecule has 2 fully saturated rings. The largest absolute Gasteiger partial charge is 0.381 e. The zero-order valence-electron chi connectivity index (χ0n) is 13.0. The van der Waals surface area contributed by atoms with Crippen molar-refractivity contribution in [3.8, 4) is 0 Å². The molecule has 0 aromatic carbocycles. The van der Waals surface area contributed by atoms with E-state index in [1.807, 2.05) is 0 Å². The average molecular weight is 311 g/mol. The lowest BCUT2D eigenvalue weighted by atomic mass is 10.1. The molecule has 21 heavy (non-hydrogen) atoms. The van der Waals surface area contributed by atoms with Gasteiger partial charge in [-0.3, -0.25) is 0 Å². The molecule has 1 unspecified atom stereocenters. The highest BCUT2D eigenvalue weighted by molar-refractivity contribution is 7.15. The standard InChI is InChI=1S/C15H25N3O2S/c1-11(2)14-16-17-15(21-14)18-6-3-13(4-7-18)20-10-12-5-8-19-9-12/h11-13H,3-10H2,1-2H3. The molecule has 1 aromatic rings. The lowest BCUT2D eigenvalue weighted by Crippen LogP contribution is -2.37. The molecule has 0 radical (unpaired) electrons. The second kappa shape index (κ2) is 7.03. The number of piperidine rings is 1. The molecule has 2 saturated heterocycles. The SMILES string of the molecule is CC(C)c1nnc(N2CCC(OCC3CCOC3)CC2)s1. The summed E-state index contributed by atoms with van der Waals surface area (Å²) in [7, 11) is 0. The molecule has 0 spiro atoms. The maximum Gasteiger partial charge on any atom is 0.208 e. The Morgan fingerprint density at radius 3 is 2.71 bits per heavy atom. The van der Waals surface area contributed by atoms with Crippen molar-refractivity contribution >= 4 is 16.5 Å². The first kappa shape index (κ1) is 15.2. The third kappa shape index (κ3) is 3.93. The fourth-order valence-corrected chi connectivity index (χ4v) is 3.69. The van der Waals surface area contributed by atoms with Crippen LogP contribution in [0.25, 0.3) is 0 Å². The number of aromatic nitrogens is 2. The third-order valence-corrected chi connectivity index (χ3v) is 5.51. The van der Waals surface area contributed by atoms with E-state index in [1.165, 1.54) is 0 Å². The van der Waals surface area contributed by atoms with Gasteiger partial charge in [0.15, 0.2) is 0 Å². The van der Waals surface area contributed by atoms with Crippen molar-refractivity contribution in [1.29, 1.82) is 0 Å². The van der Waals surface area contributed by atoms with Crippen LogP contribution in [0.4, 0.5) is 5.13 Å². The van der Waals surface area contributed by atoms with Gasteiger partial charge < -0.3 is 14.4 Å². The van der Waals surface area contributed by atoms with E-state index in [1.54, 1.807) is 11.3 Å². The first-order valence-electron chi connectivity index (χ1n) is 8.00. The second-order valence-electron chi connectivity index (χ2n) is 6.33. The molecule has 2 aliphatic rings. The van der Waals surface area contributed by atoms with Crippen molar-refractivity contribution in [2.24, 2.45) is 5.92 Å². The number of rotatable bonds is 5. The van der Waals surface area contributed by atoms with Gasteiger partial charge in [0.1, 0.15) is 5.01 Å². The van der Waals surface area contributed by atoms with Crippen molar-refractivity contribution in [3.05, 3.63) is 5.01 Å². The molecule has 0 N–H and O–H groups in total. The Balaban J connectivity index is 1.43. The first-order valence-corrected chi connectivity index (χ1v) is 8.81. The van der Waals surface area contributed by atoms with Gasteiger partial charge in [0, 0.05) is 31.5 Å². The van der Waals surface area contributed by atoms with Gasteiger partial charge in [-0.05, 0) is 19.3 Å². The van der Waals surface area contributed by atoms with E-state index < -0.39 is 0 Å². The Morgan fingerprint density at radius 2 is 2.10 bits per heavy atom. The molecule has 0 amide bonds. The minimum absolute atomic E-state index is 0.402. The molecule has 6 heteroatoms. The predicted octanol–water partition coefficient (Wildman–Crippen LogP) is 2.68. The maximum absolute atomic E-state index is 6.06. The molecule has 1 aromatic heterocycles. The molecular weight excluding hydrogens is 286 g/mol. The number of ether oxygens (including phenoxy) is 2. The van der Waals surface area contributed by atoms with Crippen molar-refractivity contribution in [1.82, 2.24) is 10.2 Å². The summed E-state index contributed by atoms with van der Waals surface area (Å²) < 4.78 is 11.4. The smallest absolute Gasteiger partial charge is 0.208 e. The summed E-state index contributed by atoms with van der Waals surface area (Å²) in [6, 6.07) is 0. The Bertz CT molecular complexity index is 438. The Labute approximate surface area is 130 Å². The van der Waals surface area contributed by atoms with E-state index >= 15 is 0 Å². The summed E-state index contributed by atoms with van der Waals surface area (Å²) in [5.74, 6) is 1.07. The van der Waals surface area contributed by atoms with Gasteiger partial charge in [0.2, 0.25) is 5.13 Å². The number of hydrogen-bond donors (Lipinski definition) is 0. The molecule has 1 atom stereocenters. The summed E-state index contributed by atoms with van der Waals surface area (Å²) >= 11 is 1.73. The zero-order chi connectivity index (χ0) is 14.7. The van der Waals surface area contributed by atoms with Gasteiger partial charge in [-0.2, -0.15) is 0 Å². The van der Waals surface area contributed by atoms with Crippen molar-refractivity contribution in [2.75, 3.05) is 37.8 Å². The van der Waals surface area contributed by atoms with Crippen LogP contribution in [0.15, 0.2) is 0 Å². The molecule has 3 rings (SSSR count). The lowest BCUT2D eigenvalue weighted by molar-refractivity contribution is 0.0131.